The van der Waals surface area contributed by atoms with Crippen LogP contribution < -0.4 is 0 Å². The van der Waals surface area contributed by atoms with Gasteiger partial charge in [0.1, 0.15) is 28.4 Å². The molecular weight excluding hydrogens is 276 g/mol. The van der Waals surface area contributed by atoms with Crippen LogP contribution in [-0.2, 0) is 5.41 Å². The van der Waals surface area contributed by atoms with Crippen LogP contribution in [0, 0.1) is 24.1 Å². The molecule has 0 aliphatic heterocycles. The van der Waals surface area contributed by atoms with E-state index in [1.54, 1.807) is 0 Å². The number of rotatable bonds is 1. The van der Waals surface area contributed by atoms with Crippen molar-refractivity contribution >= 4 is 5.52 Å². The van der Waals surface area contributed by atoms with E-state index in [0.717, 1.165) is 24.6 Å². The Bertz CT molecular complexity index is 722. The van der Waals surface area contributed by atoms with Crippen LogP contribution in [0.5, 0.6) is 0 Å². The van der Waals surface area contributed by atoms with Crippen molar-refractivity contribution in [2.45, 2.75) is 32.4 Å². The molecule has 2 aromatic rings. The van der Waals surface area contributed by atoms with Crippen molar-refractivity contribution in [3.05, 3.63) is 29.1 Å². The quantitative estimate of drug-likeness (QED) is 0.757. The highest BCUT2D eigenvalue weighted by molar-refractivity contribution is 5.58. The van der Waals surface area contributed by atoms with Crippen molar-refractivity contribution in [2.75, 3.05) is 0 Å². The molecule has 0 bridgehead atoms. The van der Waals surface area contributed by atoms with Crippen molar-refractivity contribution in [3.63, 3.8) is 0 Å². The molecule has 0 saturated heterocycles. The first-order valence-corrected chi connectivity index (χ1v) is 5.62. The summed E-state index contributed by atoms with van der Waals surface area (Å²) in [5.74, 6) is -0.865. The zero-order valence-corrected chi connectivity index (χ0v) is 10.9. The molecule has 0 amide bonds. The predicted octanol–water partition coefficient (Wildman–Crippen LogP) is 2.89. The molecule has 0 N–H and O–H groups in total. The Kier molecular flexibility index (Phi) is 2.96. The number of hydrogen-bond donors (Lipinski definition) is 0. The number of nitriles is 1. The van der Waals surface area contributed by atoms with E-state index in [9.17, 15) is 17.6 Å². The van der Waals surface area contributed by atoms with Crippen LogP contribution in [0.4, 0.5) is 17.6 Å². The van der Waals surface area contributed by atoms with Gasteiger partial charge >= 0.3 is 6.18 Å². The summed E-state index contributed by atoms with van der Waals surface area (Å²) >= 11 is 0. The van der Waals surface area contributed by atoms with E-state index in [2.05, 4.69) is 10.1 Å². The van der Waals surface area contributed by atoms with Crippen LogP contribution in [0.15, 0.2) is 6.20 Å². The van der Waals surface area contributed by atoms with E-state index in [1.165, 1.54) is 13.0 Å². The Morgan fingerprint density at radius 3 is 2.40 bits per heavy atom. The zero-order chi connectivity index (χ0) is 15.3. The van der Waals surface area contributed by atoms with Gasteiger partial charge in [0, 0.05) is 0 Å². The van der Waals surface area contributed by atoms with Crippen molar-refractivity contribution < 1.29 is 17.6 Å². The SMILES string of the molecule is Cc1ncc2c(F)c(C#N)c(C(C)(C)C(F)(F)F)n2n1. The standard InChI is InChI=1S/C12H10F4N4/c1-6-18-5-8-9(13)7(4-17)10(20(8)19-6)11(2,3)12(14,15)16/h5H,1-3H3. The van der Waals surface area contributed by atoms with Gasteiger partial charge in [-0.05, 0) is 20.8 Å². The van der Waals surface area contributed by atoms with Crippen LogP contribution in [0.3, 0.4) is 0 Å². The van der Waals surface area contributed by atoms with Gasteiger partial charge in [-0.3, -0.25) is 0 Å². The Hall–Kier alpha value is -2.17. The molecule has 0 aliphatic rings. The maximum absolute atomic E-state index is 14.0. The first kappa shape index (κ1) is 14.2. The Balaban J connectivity index is 2.95. The van der Waals surface area contributed by atoms with Crippen LogP contribution in [0.1, 0.15) is 30.9 Å². The molecule has 0 unspecified atom stereocenters. The molecule has 0 aliphatic carbocycles. The molecule has 4 nitrogen and oxygen atoms in total. The summed E-state index contributed by atoms with van der Waals surface area (Å²) in [6.07, 6.45) is -3.59. The van der Waals surface area contributed by atoms with E-state index in [-0.39, 0.29) is 11.3 Å². The van der Waals surface area contributed by atoms with E-state index in [1.807, 2.05) is 0 Å². The topological polar surface area (TPSA) is 54.0 Å². The number of nitrogens with zero attached hydrogens (tertiary/aromatic N) is 4. The summed E-state index contributed by atoms with van der Waals surface area (Å²) in [7, 11) is 0. The highest BCUT2D eigenvalue weighted by Gasteiger charge is 2.52. The molecule has 20 heavy (non-hydrogen) atoms. The lowest BCUT2D eigenvalue weighted by Gasteiger charge is -2.27. The molecule has 0 spiro atoms. The first-order chi connectivity index (χ1) is 9.11. The van der Waals surface area contributed by atoms with E-state index in [4.69, 9.17) is 5.26 Å². The molecule has 0 fully saturated rings. The lowest BCUT2D eigenvalue weighted by atomic mass is 9.86. The van der Waals surface area contributed by atoms with E-state index >= 15 is 0 Å². The largest absolute Gasteiger partial charge is 0.399 e. The monoisotopic (exact) mass is 286 g/mol. The molecule has 8 heteroatoms. The maximum Gasteiger partial charge on any atom is 0.399 e. The molecular formula is C12H10F4N4. The van der Waals surface area contributed by atoms with E-state index in [0.29, 0.717) is 0 Å². The number of halogens is 4. The third-order valence-electron chi connectivity index (χ3n) is 3.15. The van der Waals surface area contributed by atoms with Crippen LogP contribution in [0.25, 0.3) is 5.52 Å². The smallest absolute Gasteiger partial charge is 0.237 e. The van der Waals surface area contributed by atoms with Gasteiger partial charge in [0.25, 0.3) is 0 Å². The summed E-state index contributed by atoms with van der Waals surface area (Å²) in [4.78, 5) is 3.74. The van der Waals surface area contributed by atoms with Crippen LogP contribution in [-0.4, -0.2) is 20.8 Å². The van der Waals surface area contributed by atoms with Gasteiger partial charge in [-0.25, -0.2) is 13.9 Å². The van der Waals surface area contributed by atoms with Crippen molar-refractivity contribution in [1.82, 2.24) is 14.6 Å². The number of aryl methyl sites for hydroxylation is 1. The van der Waals surface area contributed by atoms with Gasteiger partial charge in [-0.1, -0.05) is 0 Å². The first-order valence-electron chi connectivity index (χ1n) is 5.62. The summed E-state index contributed by atoms with van der Waals surface area (Å²) in [6, 6.07) is 1.49. The highest BCUT2D eigenvalue weighted by Crippen LogP contribution is 2.43. The highest BCUT2D eigenvalue weighted by atomic mass is 19.4. The average Bonchev–Trinajstić information content (AvgIpc) is 2.60. The van der Waals surface area contributed by atoms with Gasteiger partial charge in [-0.2, -0.15) is 23.5 Å². The summed E-state index contributed by atoms with van der Waals surface area (Å²) in [5.41, 5.74) is -3.86. The van der Waals surface area contributed by atoms with Gasteiger partial charge in [-0.15, -0.1) is 0 Å². The fourth-order valence-corrected chi connectivity index (χ4v) is 1.91. The molecule has 2 heterocycles. The number of aromatic nitrogens is 3. The average molecular weight is 286 g/mol. The Labute approximate surface area is 111 Å². The second kappa shape index (κ2) is 4.16. The zero-order valence-electron chi connectivity index (χ0n) is 10.9. The van der Waals surface area contributed by atoms with E-state index < -0.39 is 28.7 Å². The minimum absolute atomic E-state index is 0.177. The Morgan fingerprint density at radius 2 is 1.90 bits per heavy atom. The molecule has 0 aromatic carbocycles. The second-order valence-electron chi connectivity index (χ2n) is 4.87. The van der Waals surface area contributed by atoms with Crippen LogP contribution in [0.2, 0.25) is 0 Å². The van der Waals surface area contributed by atoms with Gasteiger partial charge in [0.15, 0.2) is 5.82 Å². The summed E-state index contributed by atoms with van der Waals surface area (Å²) in [5, 5.41) is 12.8. The number of hydrogen-bond acceptors (Lipinski definition) is 3. The minimum Gasteiger partial charge on any atom is -0.237 e. The third-order valence-corrected chi connectivity index (χ3v) is 3.15. The van der Waals surface area contributed by atoms with Gasteiger partial charge < -0.3 is 0 Å². The fraction of sp³-hybridized carbons (Fsp3) is 0.417. The lowest BCUT2D eigenvalue weighted by molar-refractivity contribution is -0.181. The lowest BCUT2D eigenvalue weighted by Crippen LogP contribution is -2.38. The third kappa shape index (κ3) is 1.81. The van der Waals surface area contributed by atoms with Crippen LogP contribution >= 0.6 is 0 Å². The molecule has 0 radical (unpaired) electrons. The van der Waals surface area contributed by atoms with Crippen molar-refractivity contribution in [3.8, 4) is 6.07 Å². The Morgan fingerprint density at radius 1 is 1.30 bits per heavy atom. The molecule has 0 atom stereocenters. The van der Waals surface area contributed by atoms with Crippen molar-refractivity contribution in [1.29, 1.82) is 5.26 Å². The number of alkyl halides is 3. The molecule has 2 aromatic heterocycles. The minimum atomic E-state index is -4.65. The van der Waals surface area contributed by atoms with Gasteiger partial charge in [0.2, 0.25) is 0 Å². The second-order valence-corrected chi connectivity index (χ2v) is 4.87. The molecule has 0 saturated carbocycles. The van der Waals surface area contributed by atoms with Crippen molar-refractivity contribution in [2.24, 2.45) is 0 Å². The predicted molar refractivity (Wildman–Crippen MR) is 61.5 cm³/mol. The number of fused-ring (bicyclic) bond motifs is 1. The molecule has 2 rings (SSSR count). The molecule has 106 valence electrons. The summed E-state index contributed by atoms with van der Waals surface area (Å²) in [6.45, 7) is 3.23. The summed E-state index contributed by atoms with van der Waals surface area (Å²) < 4.78 is 54.4. The maximum atomic E-state index is 14.0. The normalized spacial score (nSPS) is 12.7. The fourth-order valence-electron chi connectivity index (χ4n) is 1.91. The van der Waals surface area contributed by atoms with Gasteiger partial charge in [0.05, 0.1) is 11.9 Å².